The van der Waals surface area contributed by atoms with Crippen LogP contribution in [0, 0.1) is 0 Å². The first kappa shape index (κ1) is 26.0. The Labute approximate surface area is 225 Å². The van der Waals surface area contributed by atoms with Gasteiger partial charge in [0.25, 0.3) is 0 Å². The molecule has 3 heterocycles. The average Bonchev–Trinajstić information content (AvgIpc) is 3.22. The van der Waals surface area contributed by atoms with Crippen molar-refractivity contribution in [1.29, 1.82) is 0 Å². The van der Waals surface area contributed by atoms with Crippen molar-refractivity contribution in [3.63, 3.8) is 0 Å². The minimum absolute atomic E-state index is 0.111. The Morgan fingerprint density at radius 3 is 2.42 bits per heavy atom. The lowest BCUT2D eigenvalue weighted by molar-refractivity contribution is 0.0134. The second-order valence-electron chi connectivity index (χ2n) is 7.89. The number of halogens is 3. The third kappa shape index (κ3) is 6.58. The van der Waals surface area contributed by atoms with Crippen molar-refractivity contribution in [1.82, 2.24) is 9.88 Å². The number of pyridine rings is 1. The number of amides is 4. The standard InChI is InChI=1S/C23H20Cl3N5O4S/c24-13-5-3-12(4-6-13)17-10-16(29-23(34)28-14-8-18(25)30-19(26)9-14)20(36-17)21(32)35-15-2-1-7-31(11-15)22(27)33/h3-6,8-10,15H,1-2,7,11H2,(H2,27,33)(H2,28,29,30,34). The number of likely N-dealkylation sites (tertiary alicyclic amines) is 1. The summed E-state index contributed by atoms with van der Waals surface area (Å²) >= 11 is 19.0. The van der Waals surface area contributed by atoms with Crippen LogP contribution < -0.4 is 16.4 Å². The van der Waals surface area contributed by atoms with Crippen LogP contribution in [0.1, 0.15) is 22.5 Å². The van der Waals surface area contributed by atoms with E-state index >= 15 is 0 Å². The number of nitrogens with one attached hydrogen (secondary N) is 2. The molecule has 1 saturated heterocycles. The van der Waals surface area contributed by atoms with Crippen LogP contribution in [0.15, 0.2) is 42.5 Å². The molecule has 1 fully saturated rings. The highest BCUT2D eigenvalue weighted by molar-refractivity contribution is 7.18. The number of nitrogens with zero attached hydrogens (tertiary/aromatic N) is 2. The van der Waals surface area contributed by atoms with Crippen LogP contribution in [0.3, 0.4) is 0 Å². The number of primary amides is 1. The number of aromatic nitrogens is 1. The highest BCUT2D eigenvalue weighted by Crippen LogP contribution is 2.36. The van der Waals surface area contributed by atoms with Crippen molar-refractivity contribution in [2.75, 3.05) is 23.7 Å². The van der Waals surface area contributed by atoms with Crippen LogP contribution in [-0.2, 0) is 4.74 Å². The number of benzene rings is 1. The summed E-state index contributed by atoms with van der Waals surface area (Å²) in [6, 6.07) is 10.4. The van der Waals surface area contributed by atoms with Crippen molar-refractivity contribution in [3.8, 4) is 10.4 Å². The summed E-state index contributed by atoms with van der Waals surface area (Å²) in [5.74, 6) is -0.623. The van der Waals surface area contributed by atoms with Gasteiger partial charge in [-0.05, 0) is 48.7 Å². The van der Waals surface area contributed by atoms with Crippen LogP contribution in [-0.4, -0.2) is 47.1 Å². The molecule has 4 N–H and O–H groups in total. The maximum Gasteiger partial charge on any atom is 0.350 e. The first-order valence-corrected chi connectivity index (χ1v) is 12.7. The van der Waals surface area contributed by atoms with E-state index in [0.29, 0.717) is 35.0 Å². The molecule has 0 spiro atoms. The number of esters is 1. The van der Waals surface area contributed by atoms with Gasteiger partial charge in [-0.3, -0.25) is 0 Å². The average molecular weight is 569 g/mol. The summed E-state index contributed by atoms with van der Waals surface area (Å²) in [7, 11) is 0. The second-order valence-corrected chi connectivity index (χ2v) is 10.2. The molecule has 0 aliphatic carbocycles. The minimum atomic E-state index is -0.625. The van der Waals surface area contributed by atoms with Crippen LogP contribution in [0.25, 0.3) is 10.4 Å². The summed E-state index contributed by atoms with van der Waals surface area (Å²) in [4.78, 5) is 43.6. The fraction of sp³-hybridized carbons (Fsp3) is 0.217. The van der Waals surface area contributed by atoms with Gasteiger partial charge in [0.2, 0.25) is 0 Å². The van der Waals surface area contributed by atoms with Gasteiger partial charge in [0.1, 0.15) is 21.3 Å². The number of thiophene rings is 1. The molecule has 36 heavy (non-hydrogen) atoms. The lowest BCUT2D eigenvalue weighted by Gasteiger charge is -2.31. The van der Waals surface area contributed by atoms with Crippen LogP contribution in [0.5, 0.6) is 0 Å². The van der Waals surface area contributed by atoms with E-state index in [1.165, 1.54) is 17.0 Å². The molecule has 1 aliphatic rings. The van der Waals surface area contributed by atoms with E-state index in [9.17, 15) is 14.4 Å². The van der Waals surface area contributed by atoms with Crippen molar-refractivity contribution < 1.29 is 19.1 Å². The third-order valence-corrected chi connectivity index (χ3v) is 7.08. The van der Waals surface area contributed by atoms with Crippen molar-refractivity contribution in [2.45, 2.75) is 18.9 Å². The number of hydrogen-bond donors (Lipinski definition) is 3. The van der Waals surface area contributed by atoms with Crippen LogP contribution in [0.2, 0.25) is 15.3 Å². The predicted molar refractivity (Wildman–Crippen MR) is 141 cm³/mol. The zero-order valence-corrected chi connectivity index (χ0v) is 21.7. The summed E-state index contributed by atoms with van der Waals surface area (Å²) < 4.78 is 5.68. The van der Waals surface area contributed by atoms with Gasteiger partial charge < -0.3 is 26.0 Å². The Morgan fingerprint density at radius 1 is 1.06 bits per heavy atom. The van der Waals surface area contributed by atoms with Gasteiger partial charge in [-0.15, -0.1) is 11.3 Å². The molecule has 1 atom stereocenters. The Hall–Kier alpha value is -3.05. The normalized spacial score (nSPS) is 15.3. The van der Waals surface area contributed by atoms with E-state index in [-0.39, 0.29) is 27.4 Å². The summed E-state index contributed by atoms with van der Waals surface area (Å²) in [6.45, 7) is 0.725. The summed E-state index contributed by atoms with van der Waals surface area (Å²) in [5, 5.41) is 6.09. The molecule has 4 rings (SSSR count). The van der Waals surface area contributed by atoms with Crippen LogP contribution >= 0.6 is 46.1 Å². The molecule has 188 valence electrons. The number of urea groups is 2. The fourth-order valence-electron chi connectivity index (χ4n) is 3.65. The van der Waals surface area contributed by atoms with E-state index in [2.05, 4.69) is 15.6 Å². The highest BCUT2D eigenvalue weighted by atomic mass is 35.5. The molecular weight excluding hydrogens is 549 g/mol. The first-order chi connectivity index (χ1) is 17.2. The largest absolute Gasteiger partial charge is 0.456 e. The number of carbonyl (C=O) groups is 3. The number of rotatable bonds is 5. The number of carbonyl (C=O) groups excluding carboxylic acids is 3. The zero-order chi connectivity index (χ0) is 25.8. The second kappa shape index (κ2) is 11.3. The van der Waals surface area contributed by atoms with Crippen molar-refractivity contribution in [3.05, 3.63) is 62.7 Å². The van der Waals surface area contributed by atoms with E-state index < -0.39 is 24.1 Å². The maximum absolute atomic E-state index is 13.2. The molecule has 4 amide bonds. The molecule has 1 aromatic carbocycles. The number of nitrogens with two attached hydrogens (primary N) is 1. The van der Waals surface area contributed by atoms with Gasteiger partial charge in [0.15, 0.2) is 0 Å². The zero-order valence-electron chi connectivity index (χ0n) is 18.6. The Kier molecular flexibility index (Phi) is 8.20. The maximum atomic E-state index is 13.2. The molecule has 1 unspecified atom stereocenters. The minimum Gasteiger partial charge on any atom is -0.456 e. The topological polar surface area (TPSA) is 127 Å². The number of piperidine rings is 1. The molecule has 13 heteroatoms. The Bertz CT molecular complexity index is 1280. The van der Waals surface area contributed by atoms with Gasteiger partial charge in [-0.1, -0.05) is 46.9 Å². The van der Waals surface area contributed by atoms with Gasteiger partial charge in [0.05, 0.1) is 12.2 Å². The van der Waals surface area contributed by atoms with Gasteiger partial charge in [-0.2, -0.15) is 0 Å². The molecular formula is C23H20Cl3N5O4S. The van der Waals surface area contributed by atoms with Crippen molar-refractivity contribution >= 4 is 75.5 Å². The number of anilines is 2. The summed E-state index contributed by atoms with van der Waals surface area (Å²) in [6.07, 6.45) is 0.742. The Balaban J connectivity index is 1.57. The highest BCUT2D eigenvalue weighted by Gasteiger charge is 2.28. The number of ether oxygens (including phenoxy) is 1. The van der Waals surface area contributed by atoms with E-state index in [1.54, 1.807) is 30.3 Å². The van der Waals surface area contributed by atoms with Gasteiger partial charge in [-0.25, -0.2) is 19.4 Å². The van der Waals surface area contributed by atoms with Gasteiger partial charge >= 0.3 is 18.0 Å². The Morgan fingerprint density at radius 2 is 1.75 bits per heavy atom. The van der Waals surface area contributed by atoms with E-state index in [4.69, 9.17) is 45.3 Å². The third-order valence-electron chi connectivity index (χ3n) is 5.28. The SMILES string of the molecule is NC(=O)N1CCCC(OC(=O)c2sc(-c3ccc(Cl)cc3)cc2NC(=O)Nc2cc(Cl)nc(Cl)c2)C1. The fourth-order valence-corrected chi connectivity index (χ4v) is 5.24. The smallest absolute Gasteiger partial charge is 0.350 e. The number of hydrogen-bond acceptors (Lipinski definition) is 6. The molecule has 2 aromatic heterocycles. The molecule has 0 saturated carbocycles. The van der Waals surface area contributed by atoms with Crippen molar-refractivity contribution in [2.24, 2.45) is 5.73 Å². The predicted octanol–water partition coefficient (Wildman–Crippen LogP) is 6.11. The molecule has 3 aromatic rings. The first-order valence-electron chi connectivity index (χ1n) is 10.7. The monoisotopic (exact) mass is 567 g/mol. The quantitative estimate of drug-likeness (QED) is 0.253. The van der Waals surface area contributed by atoms with Gasteiger partial charge in [0, 0.05) is 22.1 Å². The van der Waals surface area contributed by atoms with E-state index in [1.807, 2.05) is 0 Å². The lowest BCUT2D eigenvalue weighted by Crippen LogP contribution is -2.46. The molecule has 9 nitrogen and oxygen atoms in total. The molecule has 1 aliphatic heterocycles. The van der Waals surface area contributed by atoms with Crippen LogP contribution in [0.4, 0.5) is 21.0 Å². The molecule has 0 bridgehead atoms. The van der Waals surface area contributed by atoms with E-state index in [0.717, 1.165) is 16.9 Å². The summed E-state index contributed by atoms with van der Waals surface area (Å²) in [5.41, 5.74) is 6.75. The molecule has 0 radical (unpaired) electrons. The lowest BCUT2D eigenvalue weighted by atomic mass is 10.1.